The van der Waals surface area contributed by atoms with Crippen LogP contribution >= 0.6 is 11.6 Å². The lowest BCUT2D eigenvalue weighted by Crippen LogP contribution is -2.14. The zero-order valence-electron chi connectivity index (χ0n) is 10.6. The van der Waals surface area contributed by atoms with Crippen molar-refractivity contribution >= 4 is 28.9 Å². The van der Waals surface area contributed by atoms with Crippen LogP contribution in [0.1, 0.15) is 35.9 Å². The molecule has 1 amide bonds. The van der Waals surface area contributed by atoms with Crippen LogP contribution in [0.5, 0.6) is 0 Å². The van der Waals surface area contributed by atoms with E-state index in [4.69, 9.17) is 17.3 Å². The number of carbonyl (C=O) groups excluding carboxylic acids is 1. The summed E-state index contributed by atoms with van der Waals surface area (Å²) < 4.78 is 0. The molecule has 7 heteroatoms. The van der Waals surface area contributed by atoms with Gasteiger partial charge in [-0.1, -0.05) is 25.4 Å². The maximum atomic E-state index is 12.1. The van der Waals surface area contributed by atoms with Crippen LogP contribution in [-0.4, -0.2) is 21.1 Å². The van der Waals surface area contributed by atoms with Crippen molar-refractivity contribution in [1.82, 2.24) is 15.2 Å². The van der Waals surface area contributed by atoms with E-state index in [1.807, 2.05) is 13.8 Å². The van der Waals surface area contributed by atoms with Gasteiger partial charge in [0.2, 0.25) is 0 Å². The number of pyridine rings is 1. The molecule has 0 aliphatic heterocycles. The van der Waals surface area contributed by atoms with Crippen molar-refractivity contribution in [2.75, 3.05) is 11.1 Å². The van der Waals surface area contributed by atoms with Crippen LogP contribution in [0.4, 0.5) is 11.4 Å². The number of nitrogen functional groups attached to an aromatic ring is 1. The Hall–Kier alpha value is -2.08. The number of H-pyrrole nitrogens is 1. The lowest BCUT2D eigenvalue weighted by Gasteiger charge is -2.05. The summed E-state index contributed by atoms with van der Waals surface area (Å²) in [5, 5.41) is 9.74. The van der Waals surface area contributed by atoms with Crippen molar-refractivity contribution in [2.45, 2.75) is 19.8 Å². The quantitative estimate of drug-likeness (QED) is 0.804. The van der Waals surface area contributed by atoms with Gasteiger partial charge in [-0.25, -0.2) is 0 Å². The van der Waals surface area contributed by atoms with Crippen molar-refractivity contribution < 1.29 is 4.79 Å². The number of aromatic nitrogens is 3. The minimum absolute atomic E-state index is 0.156. The molecule has 6 nitrogen and oxygen atoms in total. The number of amides is 1. The molecule has 0 aliphatic carbocycles. The molecule has 2 aromatic rings. The number of carbonyl (C=O) groups is 1. The first-order valence-electron chi connectivity index (χ1n) is 5.75. The van der Waals surface area contributed by atoms with Gasteiger partial charge in [-0.15, -0.1) is 0 Å². The Morgan fingerprint density at radius 3 is 2.84 bits per heavy atom. The molecule has 19 heavy (non-hydrogen) atoms. The van der Waals surface area contributed by atoms with Crippen molar-refractivity contribution in [2.24, 2.45) is 0 Å². The summed E-state index contributed by atoms with van der Waals surface area (Å²) in [5.74, 6) is -0.258. The molecule has 0 saturated heterocycles. The average Bonchev–Trinajstić information content (AvgIpc) is 2.74. The van der Waals surface area contributed by atoms with Gasteiger partial charge < -0.3 is 11.1 Å². The molecule has 2 rings (SSSR count). The fourth-order valence-corrected chi connectivity index (χ4v) is 1.78. The largest absolute Gasteiger partial charge is 0.395 e. The highest BCUT2D eigenvalue weighted by atomic mass is 35.5. The Morgan fingerprint density at radius 2 is 2.26 bits per heavy atom. The van der Waals surface area contributed by atoms with Gasteiger partial charge in [0.25, 0.3) is 5.91 Å². The highest BCUT2D eigenvalue weighted by Crippen LogP contribution is 2.24. The number of hydrogen-bond donors (Lipinski definition) is 3. The number of nitrogens with one attached hydrogen (secondary N) is 2. The number of aromatic amines is 1. The molecule has 0 atom stereocenters. The SMILES string of the molecule is CC(C)c1[nH]nc(C(=O)Nc2cnccc2Cl)c1N. The number of nitrogens with zero attached hydrogens (tertiary/aromatic N) is 2. The first-order valence-corrected chi connectivity index (χ1v) is 6.13. The zero-order valence-corrected chi connectivity index (χ0v) is 11.3. The second-order valence-electron chi connectivity index (χ2n) is 4.36. The standard InChI is InChI=1S/C12H14ClN5O/c1-6(2)10-9(14)11(18-17-10)12(19)16-8-5-15-4-3-7(8)13/h3-6H,14H2,1-2H3,(H,16,19)(H,17,18). The third kappa shape index (κ3) is 2.68. The summed E-state index contributed by atoms with van der Waals surface area (Å²) in [4.78, 5) is 16.0. The molecule has 0 spiro atoms. The number of hydrogen-bond acceptors (Lipinski definition) is 4. The van der Waals surface area contributed by atoms with E-state index in [-0.39, 0.29) is 11.6 Å². The minimum Gasteiger partial charge on any atom is -0.395 e. The molecule has 0 aromatic carbocycles. The van der Waals surface area contributed by atoms with Gasteiger partial charge in [0.05, 0.1) is 28.3 Å². The van der Waals surface area contributed by atoms with E-state index >= 15 is 0 Å². The number of rotatable bonds is 3. The predicted molar refractivity (Wildman–Crippen MR) is 74.3 cm³/mol. The highest BCUT2D eigenvalue weighted by Gasteiger charge is 2.19. The second kappa shape index (κ2) is 5.27. The van der Waals surface area contributed by atoms with Gasteiger partial charge in [-0.3, -0.25) is 14.9 Å². The van der Waals surface area contributed by atoms with Crippen LogP contribution in [0.2, 0.25) is 5.02 Å². The highest BCUT2D eigenvalue weighted by molar-refractivity contribution is 6.33. The lowest BCUT2D eigenvalue weighted by atomic mass is 10.1. The Bertz CT molecular complexity index is 608. The van der Waals surface area contributed by atoms with Gasteiger partial charge in [0.15, 0.2) is 5.69 Å². The predicted octanol–water partition coefficient (Wildman–Crippen LogP) is 2.42. The van der Waals surface area contributed by atoms with E-state index in [1.54, 1.807) is 6.07 Å². The van der Waals surface area contributed by atoms with Crippen LogP contribution in [0.3, 0.4) is 0 Å². The fourth-order valence-electron chi connectivity index (χ4n) is 1.63. The maximum Gasteiger partial charge on any atom is 0.278 e. The van der Waals surface area contributed by atoms with Crippen LogP contribution in [0.25, 0.3) is 0 Å². The van der Waals surface area contributed by atoms with Crippen LogP contribution in [0, 0.1) is 0 Å². The molecular formula is C12H14ClN5O. The maximum absolute atomic E-state index is 12.1. The molecule has 0 radical (unpaired) electrons. The molecule has 0 unspecified atom stereocenters. The molecule has 4 N–H and O–H groups in total. The van der Waals surface area contributed by atoms with E-state index in [1.165, 1.54) is 12.4 Å². The van der Waals surface area contributed by atoms with E-state index in [9.17, 15) is 4.79 Å². The van der Waals surface area contributed by atoms with Crippen LogP contribution in [0.15, 0.2) is 18.5 Å². The van der Waals surface area contributed by atoms with Gasteiger partial charge in [0.1, 0.15) is 0 Å². The van der Waals surface area contributed by atoms with E-state index < -0.39 is 5.91 Å². The summed E-state index contributed by atoms with van der Waals surface area (Å²) in [7, 11) is 0. The Labute approximate surface area is 115 Å². The smallest absolute Gasteiger partial charge is 0.278 e. The molecule has 0 bridgehead atoms. The lowest BCUT2D eigenvalue weighted by molar-refractivity contribution is 0.102. The first kappa shape index (κ1) is 13.4. The van der Waals surface area contributed by atoms with E-state index in [0.29, 0.717) is 16.4 Å². The van der Waals surface area contributed by atoms with Crippen molar-refractivity contribution in [3.05, 3.63) is 34.9 Å². The molecule has 2 aromatic heterocycles. The van der Waals surface area contributed by atoms with Gasteiger partial charge in [0, 0.05) is 6.20 Å². The molecule has 100 valence electrons. The summed E-state index contributed by atoms with van der Waals surface area (Å²) in [6, 6.07) is 1.59. The molecule has 0 fully saturated rings. The summed E-state index contributed by atoms with van der Waals surface area (Å²) in [6.07, 6.45) is 3.00. The number of nitrogens with two attached hydrogens (primary N) is 1. The average molecular weight is 280 g/mol. The van der Waals surface area contributed by atoms with Gasteiger partial charge >= 0.3 is 0 Å². The fraction of sp³-hybridized carbons (Fsp3) is 0.250. The normalized spacial score (nSPS) is 10.7. The summed E-state index contributed by atoms with van der Waals surface area (Å²) in [6.45, 7) is 3.92. The van der Waals surface area contributed by atoms with E-state index in [2.05, 4.69) is 20.5 Å². The Morgan fingerprint density at radius 1 is 1.53 bits per heavy atom. The van der Waals surface area contributed by atoms with Crippen LogP contribution in [-0.2, 0) is 0 Å². The third-order valence-electron chi connectivity index (χ3n) is 2.64. The first-order chi connectivity index (χ1) is 9.00. The molecule has 0 aliphatic rings. The second-order valence-corrected chi connectivity index (χ2v) is 4.77. The molecule has 0 saturated carbocycles. The third-order valence-corrected chi connectivity index (χ3v) is 2.97. The summed E-state index contributed by atoms with van der Waals surface area (Å²) >= 11 is 5.94. The summed E-state index contributed by atoms with van der Waals surface area (Å²) in [5.41, 5.74) is 7.56. The van der Waals surface area contributed by atoms with Gasteiger partial charge in [-0.2, -0.15) is 5.10 Å². The van der Waals surface area contributed by atoms with Crippen LogP contribution < -0.4 is 11.1 Å². The van der Waals surface area contributed by atoms with Gasteiger partial charge in [-0.05, 0) is 12.0 Å². The number of halogens is 1. The van der Waals surface area contributed by atoms with Crippen molar-refractivity contribution in [1.29, 1.82) is 0 Å². The monoisotopic (exact) mass is 279 g/mol. The van der Waals surface area contributed by atoms with Crippen molar-refractivity contribution in [3.8, 4) is 0 Å². The van der Waals surface area contributed by atoms with E-state index in [0.717, 1.165) is 5.69 Å². The Balaban J connectivity index is 2.24. The molecular weight excluding hydrogens is 266 g/mol. The Kier molecular flexibility index (Phi) is 3.71. The molecule has 2 heterocycles. The minimum atomic E-state index is -0.421. The number of anilines is 2. The zero-order chi connectivity index (χ0) is 14.0. The van der Waals surface area contributed by atoms with Crippen molar-refractivity contribution in [3.63, 3.8) is 0 Å². The topological polar surface area (TPSA) is 96.7 Å².